The van der Waals surface area contributed by atoms with E-state index < -0.39 is 0 Å². The SMILES string of the molecule is C[C@@H](C(=O)N1CCCCC1)N1CCN(Cc2nc(C3CC3)n[nH]2)CC1. The number of nitrogens with zero attached hydrogens (tertiary/aromatic N) is 5. The summed E-state index contributed by atoms with van der Waals surface area (Å²) in [6.45, 7) is 8.66. The predicted molar refractivity (Wildman–Crippen MR) is 95.1 cm³/mol. The predicted octanol–water partition coefficient (Wildman–Crippen LogP) is 1.20. The molecule has 1 saturated carbocycles. The highest BCUT2D eigenvalue weighted by molar-refractivity contribution is 5.81. The van der Waals surface area contributed by atoms with E-state index in [0.29, 0.717) is 11.8 Å². The Morgan fingerprint density at radius 3 is 2.52 bits per heavy atom. The second-order valence-electron chi connectivity index (χ2n) is 7.79. The monoisotopic (exact) mass is 346 g/mol. The van der Waals surface area contributed by atoms with E-state index in [4.69, 9.17) is 0 Å². The van der Waals surface area contributed by atoms with Gasteiger partial charge in [0.2, 0.25) is 5.91 Å². The van der Waals surface area contributed by atoms with Crippen molar-refractivity contribution in [3.63, 3.8) is 0 Å². The normalized spacial score (nSPS) is 24.4. The number of rotatable bonds is 5. The Balaban J connectivity index is 1.24. The molecule has 7 heteroatoms. The highest BCUT2D eigenvalue weighted by Gasteiger charge is 2.30. The third kappa shape index (κ3) is 4.03. The minimum absolute atomic E-state index is 0.00648. The van der Waals surface area contributed by atoms with Gasteiger partial charge in [-0.15, -0.1) is 0 Å². The van der Waals surface area contributed by atoms with E-state index in [2.05, 4.69) is 36.8 Å². The Morgan fingerprint density at radius 1 is 1.12 bits per heavy atom. The zero-order chi connectivity index (χ0) is 17.2. The van der Waals surface area contributed by atoms with Crippen LogP contribution in [0.15, 0.2) is 0 Å². The first-order valence-corrected chi connectivity index (χ1v) is 9.87. The van der Waals surface area contributed by atoms with Crippen LogP contribution in [0, 0.1) is 0 Å². The van der Waals surface area contributed by atoms with E-state index in [1.165, 1.54) is 19.3 Å². The third-order valence-corrected chi connectivity index (χ3v) is 5.84. The Bertz CT molecular complexity index is 584. The molecule has 1 aliphatic carbocycles. The van der Waals surface area contributed by atoms with Gasteiger partial charge in [0.25, 0.3) is 0 Å². The fraction of sp³-hybridized carbons (Fsp3) is 0.833. The molecule has 7 nitrogen and oxygen atoms in total. The minimum Gasteiger partial charge on any atom is -0.341 e. The molecule has 0 spiro atoms. The van der Waals surface area contributed by atoms with Crippen molar-refractivity contribution in [1.29, 1.82) is 0 Å². The number of piperazine rings is 1. The van der Waals surface area contributed by atoms with Gasteiger partial charge in [0, 0.05) is 45.2 Å². The number of amides is 1. The number of piperidine rings is 1. The molecule has 1 atom stereocenters. The van der Waals surface area contributed by atoms with Gasteiger partial charge in [0.05, 0.1) is 12.6 Å². The molecule has 1 aromatic rings. The Kier molecular flexibility index (Phi) is 5.03. The van der Waals surface area contributed by atoms with Gasteiger partial charge in [-0.3, -0.25) is 19.7 Å². The molecule has 0 bridgehead atoms. The van der Waals surface area contributed by atoms with Gasteiger partial charge in [-0.1, -0.05) is 0 Å². The van der Waals surface area contributed by atoms with Crippen LogP contribution in [0.25, 0.3) is 0 Å². The van der Waals surface area contributed by atoms with Crippen molar-refractivity contribution in [3.8, 4) is 0 Å². The van der Waals surface area contributed by atoms with E-state index in [-0.39, 0.29) is 6.04 Å². The van der Waals surface area contributed by atoms with E-state index in [0.717, 1.165) is 70.3 Å². The van der Waals surface area contributed by atoms with Crippen LogP contribution < -0.4 is 0 Å². The molecular weight excluding hydrogens is 316 g/mol. The Morgan fingerprint density at radius 2 is 1.84 bits per heavy atom. The van der Waals surface area contributed by atoms with Gasteiger partial charge in [-0.05, 0) is 39.0 Å². The van der Waals surface area contributed by atoms with Crippen LogP contribution in [0.1, 0.15) is 56.6 Å². The molecule has 1 amide bonds. The van der Waals surface area contributed by atoms with Crippen LogP contribution in [0.5, 0.6) is 0 Å². The maximum Gasteiger partial charge on any atom is 0.239 e. The first-order valence-electron chi connectivity index (χ1n) is 9.87. The standard InChI is InChI=1S/C18H30N6O/c1-14(18(25)24-7-3-2-4-8-24)23-11-9-22(10-12-23)13-16-19-17(21-20-16)15-5-6-15/h14-15H,2-13H2,1H3,(H,19,20,21)/t14-/m0/s1. The van der Waals surface area contributed by atoms with Gasteiger partial charge in [0.1, 0.15) is 5.82 Å². The number of aromatic nitrogens is 3. The second kappa shape index (κ2) is 7.41. The van der Waals surface area contributed by atoms with Gasteiger partial charge in [0.15, 0.2) is 5.82 Å². The molecule has 3 heterocycles. The summed E-state index contributed by atoms with van der Waals surface area (Å²) in [5, 5.41) is 7.43. The van der Waals surface area contributed by atoms with Crippen molar-refractivity contribution in [1.82, 2.24) is 29.9 Å². The highest BCUT2D eigenvalue weighted by atomic mass is 16.2. The van der Waals surface area contributed by atoms with Crippen LogP contribution in [0.2, 0.25) is 0 Å². The molecule has 138 valence electrons. The maximum atomic E-state index is 12.7. The van der Waals surface area contributed by atoms with Gasteiger partial charge in [-0.25, -0.2) is 4.98 Å². The van der Waals surface area contributed by atoms with E-state index in [9.17, 15) is 4.79 Å². The number of nitrogens with one attached hydrogen (secondary N) is 1. The number of hydrogen-bond acceptors (Lipinski definition) is 5. The lowest BCUT2D eigenvalue weighted by atomic mass is 10.1. The number of H-pyrrole nitrogens is 1. The summed E-state index contributed by atoms with van der Waals surface area (Å²) in [6, 6.07) is 0.00648. The molecule has 2 aliphatic heterocycles. The molecule has 3 aliphatic rings. The molecule has 1 N–H and O–H groups in total. The molecule has 25 heavy (non-hydrogen) atoms. The van der Waals surface area contributed by atoms with Crippen LogP contribution in [-0.2, 0) is 11.3 Å². The summed E-state index contributed by atoms with van der Waals surface area (Å²) >= 11 is 0. The van der Waals surface area contributed by atoms with Crippen molar-refractivity contribution in [2.45, 2.75) is 57.5 Å². The number of likely N-dealkylation sites (tertiary alicyclic amines) is 1. The van der Waals surface area contributed by atoms with Crippen molar-refractivity contribution in [2.24, 2.45) is 0 Å². The van der Waals surface area contributed by atoms with Crippen molar-refractivity contribution in [2.75, 3.05) is 39.3 Å². The van der Waals surface area contributed by atoms with Crippen LogP contribution in [0.4, 0.5) is 0 Å². The molecule has 1 aromatic heterocycles. The topological polar surface area (TPSA) is 68.4 Å². The van der Waals surface area contributed by atoms with Crippen LogP contribution >= 0.6 is 0 Å². The fourth-order valence-corrected chi connectivity index (χ4v) is 3.96. The van der Waals surface area contributed by atoms with Gasteiger partial charge >= 0.3 is 0 Å². The van der Waals surface area contributed by atoms with E-state index in [1.54, 1.807) is 0 Å². The summed E-state index contributed by atoms with van der Waals surface area (Å²) < 4.78 is 0. The first kappa shape index (κ1) is 17.0. The average Bonchev–Trinajstić information content (AvgIpc) is 3.41. The maximum absolute atomic E-state index is 12.7. The number of hydrogen-bond donors (Lipinski definition) is 1. The molecule has 2 saturated heterocycles. The summed E-state index contributed by atoms with van der Waals surface area (Å²) in [7, 11) is 0. The number of carbonyl (C=O) groups is 1. The molecule has 3 fully saturated rings. The smallest absolute Gasteiger partial charge is 0.239 e. The van der Waals surface area contributed by atoms with Gasteiger partial charge < -0.3 is 4.90 Å². The average molecular weight is 346 g/mol. The highest BCUT2D eigenvalue weighted by Crippen LogP contribution is 2.37. The summed E-state index contributed by atoms with van der Waals surface area (Å²) in [5.41, 5.74) is 0. The fourth-order valence-electron chi connectivity index (χ4n) is 3.96. The molecule has 4 rings (SSSR count). The molecule has 0 aromatic carbocycles. The zero-order valence-electron chi connectivity index (χ0n) is 15.3. The van der Waals surface area contributed by atoms with Crippen LogP contribution in [-0.4, -0.2) is 81.1 Å². The molecular formula is C18H30N6O. The summed E-state index contributed by atoms with van der Waals surface area (Å²) in [5.74, 6) is 2.89. The lowest BCUT2D eigenvalue weighted by Gasteiger charge is -2.39. The van der Waals surface area contributed by atoms with E-state index in [1.807, 2.05) is 0 Å². The molecule has 0 unspecified atom stereocenters. The second-order valence-corrected chi connectivity index (χ2v) is 7.79. The largest absolute Gasteiger partial charge is 0.341 e. The zero-order valence-corrected chi connectivity index (χ0v) is 15.3. The van der Waals surface area contributed by atoms with E-state index >= 15 is 0 Å². The van der Waals surface area contributed by atoms with Crippen molar-refractivity contribution < 1.29 is 4.79 Å². The third-order valence-electron chi connectivity index (χ3n) is 5.84. The number of carbonyl (C=O) groups excluding carboxylic acids is 1. The lowest BCUT2D eigenvalue weighted by Crippen LogP contribution is -2.54. The minimum atomic E-state index is 0.00648. The van der Waals surface area contributed by atoms with Gasteiger partial charge in [-0.2, -0.15) is 5.10 Å². The Hall–Kier alpha value is -1.47. The van der Waals surface area contributed by atoms with Crippen LogP contribution in [0.3, 0.4) is 0 Å². The number of aromatic amines is 1. The first-order chi connectivity index (χ1) is 12.2. The Labute approximate surface area is 149 Å². The van der Waals surface area contributed by atoms with Crippen molar-refractivity contribution in [3.05, 3.63) is 11.6 Å². The molecule has 0 radical (unpaired) electrons. The lowest BCUT2D eigenvalue weighted by molar-refractivity contribution is -0.138. The van der Waals surface area contributed by atoms with Crippen molar-refractivity contribution >= 4 is 5.91 Å². The quantitative estimate of drug-likeness (QED) is 0.868. The summed E-state index contributed by atoms with van der Waals surface area (Å²) in [4.78, 5) is 24.1. The summed E-state index contributed by atoms with van der Waals surface area (Å²) in [6.07, 6.45) is 6.05.